The molecule has 0 bridgehead atoms. The Bertz CT molecular complexity index is 5890. The first-order valence-corrected chi connectivity index (χ1v) is 38.5. The number of anilines is 9. The number of nitrogens with zero attached hydrogens (tertiary/aromatic N) is 12. The molecule has 51 heteroatoms. The van der Waals surface area contributed by atoms with E-state index in [1.54, 1.807) is 29.2 Å². The molecule has 2 aromatic heterocycles. The van der Waals surface area contributed by atoms with E-state index in [2.05, 4.69) is 91.6 Å². The third-order valence-corrected chi connectivity index (χ3v) is 21.5. The fourth-order valence-electron chi connectivity index (χ4n) is 10.6. The maximum atomic E-state index is 14.1. The molecule has 558 valence electrons. The van der Waals surface area contributed by atoms with Crippen LogP contribution in [-0.4, -0.2) is 159 Å². The van der Waals surface area contributed by atoms with Crippen LogP contribution >= 0.6 is 47.3 Å². The molecule has 0 amide bonds. The molecular formula is C55H48Cl2N18O24S7. The van der Waals surface area contributed by atoms with Crippen molar-refractivity contribution in [2.45, 2.75) is 41.2 Å². The normalized spacial score (nSPS) is 13.9. The monoisotopic (exact) mass is 1640 g/mol. The van der Waals surface area contributed by atoms with E-state index in [0.29, 0.717) is 52.6 Å². The van der Waals surface area contributed by atoms with Gasteiger partial charge in [0.15, 0.2) is 11.5 Å². The van der Waals surface area contributed by atoms with Crippen molar-refractivity contribution in [3.63, 3.8) is 0 Å². The number of hydrogen-bond acceptors (Lipinski definition) is 38. The number of hydroxylamine groups is 3. The van der Waals surface area contributed by atoms with E-state index in [1.165, 1.54) is 18.2 Å². The lowest BCUT2D eigenvalue weighted by molar-refractivity contribution is -0.879. The summed E-state index contributed by atoms with van der Waals surface area (Å²) in [6.45, 7) is 1.82. The minimum absolute atomic E-state index is 0.01000. The summed E-state index contributed by atoms with van der Waals surface area (Å²) in [6.07, 6.45) is 0. The number of aromatic hydroxyl groups is 2. The Morgan fingerprint density at radius 3 is 1.85 bits per heavy atom. The summed E-state index contributed by atoms with van der Waals surface area (Å²) in [5, 5.41) is 87.2. The number of nitrogens with one attached hydrogen (secondary N) is 5. The van der Waals surface area contributed by atoms with Gasteiger partial charge >= 0.3 is 0 Å². The summed E-state index contributed by atoms with van der Waals surface area (Å²) in [5.41, 5.74) is 8.76. The zero-order valence-electron chi connectivity index (χ0n) is 52.8. The number of rotatable bonds is 27. The molecule has 42 nitrogen and oxygen atoms in total. The molecule has 0 aliphatic carbocycles. The lowest BCUT2D eigenvalue weighted by Gasteiger charge is -2.48. The van der Waals surface area contributed by atoms with Gasteiger partial charge in [-0.2, -0.15) is 72.0 Å². The van der Waals surface area contributed by atoms with Gasteiger partial charge in [0, 0.05) is 22.1 Å². The third-order valence-electron chi connectivity index (χ3n) is 15.4. The predicted octanol–water partition coefficient (Wildman–Crippen LogP) is 10.2. The smallest absolute Gasteiger partial charge is 0.296 e. The Morgan fingerprint density at radius 1 is 0.585 bits per heavy atom. The van der Waals surface area contributed by atoms with Crippen LogP contribution < -0.4 is 37.4 Å². The minimum atomic E-state index is -5.33. The quantitative estimate of drug-likeness (QED) is 0.00262. The van der Waals surface area contributed by atoms with Gasteiger partial charge in [0.1, 0.15) is 48.0 Å². The topological polar surface area (TPSA) is 629 Å². The van der Waals surface area contributed by atoms with Gasteiger partial charge in [-0.1, -0.05) is 34.3 Å². The van der Waals surface area contributed by atoms with Crippen molar-refractivity contribution in [1.29, 1.82) is 0 Å². The number of halogens is 2. The van der Waals surface area contributed by atoms with Crippen LogP contribution in [0, 0.1) is 12.1 Å². The van der Waals surface area contributed by atoms with E-state index < -0.39 is 120 Å². The highest BCUT2D eigenvalue weighted by Crippen LogP contribution is 2.50. The molecule has 3 heterocycles. The number of quaternary nitrogens is 1. The molecule has 1 saturated heterocycles. The fraction of sp³-hybridized carbons (Fsp3) is 0.127. The highest BCUT2D eigenvalue weighted by atomic mass is 35.5. The number of piperazine rings is 1. The van der Waals surface area contributed by atoms with E-state index in [1.807, 2.05) is 13.0 Å². The van der Waals surface area contributed by atoms with Crippen molar-refractivity contribution in [1.82, 2.24) is 29.9 Å². The highest BCUT2D eigenvalue weighted by Gasteiger charge is 2.31. The summed E-state index contributed by atoms with van der Waals surface area (Å²) >= 11 is 13.5. The van der Waals surface area contributed by atoms with E-state index >= 15 is 0 Å². The minimum Gasteiger partial charge on any atom is -0.633 e. The Kier molecular flexibility index (Phi) is 22.5. The van der Waals surface area contributed by atoms with Crippen LogP contribution in [0.25, 0.3) is 32.3 Å². The van der Waals surface area contributed by atoms with Gasteiger partial charge in [0.05, 0.1) is 94.8 Å². The Balaban J connectivity index is 0.766. The lowest BCUT2D eigenvalue weighted by atomic mass is 10.0. The Morgan fingerprint density at radius 2 is 1.18 bits per heavy atom. The van der Waals surface area contributed by atoms with Gasteiger partial charge in [-0.15, -0.1) is 29.1 Å². The third kappa shape index (κ3) is 17.6. The Hall–Kier alpha value is -9.53. The molecule has 0 unspecified atom stereocenters. The zero-order chi connectivity index (χ0) is 76.6. The number of nitrogen functional groups attached to an aromatic ring is 1. The molecule has 0 saturated carbocycles. The molecule has 0 atom stereocenters. The molecule has 10 aromatic rings. The number of azo groups is 2. The van der Waals surface area contributed by atoms with E-state index in [-0.39, 0.29) is 123 Å². The van der Waals surface area contributed by atoms with Gasteiger partial charge in [0.2, 0.25) is 34.4 Å². The van der Waals surface area contributed by atoms with E-state index in [9.17, 15) is 80.3 Å². The molecule has 11 rings (SSSR count). The van der Waals surface area contributed by atoms with E-state index in [4.69, 9.17) is 43.8 Å². The van der Waals surface area contributed by atoms with Crippen LogP contribution in [0.4, 0.5) is 75.0 Å². The lowest BCUT2D eigenvalue weighted by Crippen LogP contribution is -2.58. The molecule has 16 N–H and O–H groups in total. The average Bonchev–Trinajstić information content (AvgIpc) is 0.735. The van der Waals surface area contributed by atoms with Gasteiger partial charge in [0.25, 0.3) is 50.6 Å². The first-order valence-electron chi connectivity index (χ1n) is 29.1. The SMILES string of the molecule is Cc1cccc2c(SOOO)c(N=Nc3c(SOOO)cc4cc(S(=O)(=O)O)c(NNc5cc(Nc6nc(Cl)nc(N7CC[N+]([O-])(CCNc8nc(Cl)nc(Nc9ccc%10c(O)c(N=Nc%11ccc(S(=O)(=O)O)cc%11S(=O)(=O)O)c(S(=O)(=O)O)cc%10c9)n8)CC7)n6)ccc5S(=O)(=O)O)c(O)c4c3N)ccc12. The summed E-state index contributed by atoms with van der Waals surface area (Å²) < 4.78 is 183. The number of benzene rings is 8. The van der Waals surface area contributed by atoms with Crippen molar-refractivity contribution in [3.05, 3.63) is 124 Å². The maximum absolute atomic E-state index is 14.1. The number of fused-ring (bicyclic) bond motifs is 3. The number of phenolic OH excluding ortho intramolecular Hbond substituents is 2. The fourth-order valence-corrected chi connectivity index (χ4v) is 15.2. The number of phenols is 2. The molecule has 0 spiro atoms. The molecule has 1 aliphatic heterocycles. The van der Waals surface area contributed by atoms with Gasteiger partial charge in [-0.3, -0.25) is 33.6 Å². The van der Waals surface area contributed by atoms with Crippen LogP contribution in [0.2, 0.25) is 10.6 Å². The summed E-state index contributed by atoms with van der Waals surface area (Å²) in [4.78, 5) is 21.9. The first kappa shape index (κ1) is 77.6. The molecule has 1 aliphatic rings. The standard InChI is InChI=1S/C55H48Cl2N18O24S7/c1-25-3-2-4-33-31(25)9-11-35(49(33)101-99-97-80)69-71-44-37(100-98-96-79)20-27-22-41(106(93,94)95)46(48(77)42(27)43(44)58)73-70-36-23-29(6-12-38(36)103(84,85)86)61-54-64-51(57)65-55(67-54)74-14-17-75(78,18-15-74)16-13-59-52-62-50(56)63-53(66-52)60-28-5-8-32-26(19-28)21-40(105(90,91)92)45(47(32)76)72-68-34-10-7-30(102(81,82)83)24-39(34)104(87,88)89/h2-12,19-24,70,73,76-77,79-80H,13-18,58H2,1H3,(H,81,82,83)(H,84,85,86)(H,87,88,89)(H,90,91,92)(H,93,94,95)(H,61,64,65,67)(H2,59,60,62,63,66). The second-order valence-electron chi connectivity index (χ2n) is 22.1. The number of aromatic nitrogens is 6. The second-order valence-corrected chi connectivity index (χ2v) is 31.2. The van der Waals surface area contributed by atoms with Gasteiger partial charge < -0.3 is 46.7 Å². The van der Waals surface area contributed by atoms with Crippen molar-refractivity contribution >= 4 is 205 Å². The number of aryl methyl sites for hydroxylation is 1. The zero-order valence-corrected chi connectivity index (χ0v) is 60.0. The van der Waals surface area contributed by atoms with Gasteiger partial charge in [-0.25, -0.2) is 10.5 Å². The Labute approximate surface area is 614 Å². The average molecular weight is 1640 g/mol. The van der Waals surface area contributed by atoms with Crippen LogP contribution in [0.3, 0.4) is 0 Å². The number of hydrogen-bond donors (Lipinski definition) is 15. The highest BCUT2D eigenvalue weighted by molar-refractivity contribution is 7.95. The summed E-state index contributed by atoms with van der Waals surface area (Å²) in [6, 6.07) is 20.2. The summed E-state index contributed by atoms with van der Waals surface area (Å²) in [7, 11) is -26.0. The van der Waals surface area contributed by atoms with Crippen LogP contribution in [0.15, 0.2) is 158 Å². The maximum Gasteiger partial charge on any atom is 0.296 e. The predicted molar refractivity (Wildman–Crippen MR) is 378 cm³/mol. The van der Waals surface area contributed by atoms with E-state index in [0.717, 1.165) is 47.3 Å². The van der Waals surface area contributed by atoms with Crippen LogP contribution in [0.1, 0.15) is 5.56 Å². The second kappa shape index (κ2) is 30.7. The first-order chi connectivity index (χ1) is 49.9. The largest absolute Gasteiger partial charge is 0.633 e. The van der Waals surface area contributed by atoms with Crippen molar-refractivity contribution in [2.75, 3.05) is 76.7 Å². The summed E-state index contributed by atoms with van der Waals surface area (Å²) in [5.74, 6) is -2.43. The van der Waals surface area contributed by atoms with Crippen molar-refractivity contribution in [2.24, 2.45) is 20.5 Å². The number of hydrazine groups is 1. The number of nitrogens with two attached hydrogens (primary N) is 1. The molecular weight excluding hydrogens is 1590 g/mol. The van der Waals surface area contributed by atoms with Crippen LogP contribution in [-0.2, 0) is 69.3 Å². The van der Waals surface area contributed by atoms with Gasteiger partial charge in [-0.05, 0) is 131 Å². The molecule has 0 radical (unpaired) electrons. The molecule has 8 aromatic carbocycles. The van der Waals surface area contributed by atoms with Crippen molar-refractivity contribution in [3.8, 4) is 11.5 Å². The molecule has 106 heavy (non-hydrogen) atoms. The van der Waals surface area contributed by atoms with Crippen molar-refractivity contribution < 1.29 is 109 Å². The molecule has 1 fully saturated rings. The van der Waals surface area contributed by atoms with Crippen LogP contribution in [0.5, 0.6) is 11.5 Å².